The predicted molar refractivity (Wildman–Crippen MR) is 226 cm³/mol. The van der Waals surface area contributed by atoms with Crippen molar-refractivity contribution in [2.24, 2.45) is 0 Å². The van der Waals surface area contributed by atoms with Gasteiger partial charge in [-0.1, -0.05) is 35.4 Å². The summed E-state index contributed by atoms with van der Waals surface area (Å²) in [6.45, 7) is 35.2. The van der Waals surface area contributed by atoms with Gasteiger partial charge in [-0.05, 0) is 210 Å². The van der Waals surface area contributed by atoms with Crippen molar-refractivity contribution < 1.29 is 9.13 Å². The van der Waals surface area contributed by atoms with E-state index in [9.17, 15) is 0 Å². The van der Waals surface area contributed by atoms with Crippen LogP contribution >= 0.6 is 0 Å². The Labute approximate surface area is 323 Å². The smallest absolute Gasteiger partial charge is 0.226 e. The lowest BCUT2D eigenvalue weighted by Gasteiger charge is -2.19. The minimum Gasteiger partial charge on any atom is -0.226 e. The van der Waals surface area contributed by atoms with E-state index in [4.69, 9.17) is 0 Å². The van der Waals surface area contributed by atoms with E-state index in [-0.39, 0.29) is 0 Å². The summed E-state index contributed by atoms with van der Waals surface area (Å²) in [5.74, 6) is 0. The van der Waals surface area contributed by atoms with Crippen molar-refractivity contribution in [1.82, 2.24) is 9.13 Å². The van der Waals surface area contributed by atoms with Crippen LogP contribution in [0.15, 0.2) is 61.2 Å². The summed E-state index contributed by atoms with van der Waals surface area (Å²) in [5.41, 5.74) is 30.0. The summed E-state index contributed by atoms with van der Waals surface area (Å²) in [6, 6.07) is 18.8. The summed E-state index contributed by atoms with van der Waals surface area (Å²) in [7, 11) is 0. The first-order valence-corrected chi connectivity index (χ1v) is 19.7. The van der Waals surface area contributed by atoms with Crippen molar-refractivity contribution >= 4 is 22.1 Å². The quantitative estimate of drug-likeness (QED) is 0.139. The first kappa shape index (κ1) is 37.4. The fraction of sp³-hybridized carbons (Fsp3) is 0.360. The zero-order valence-electron chi connectivity index (χ0n) is 35.4. The second-order valence-electron chi connectivity index (χ2n) is 16.8. The van der Waals surface area contributed by atoms with Crippen LogP contribution in [0.2, 0.25) is 0 Å². The molecule has 0 N–H and O–H groups in total. The molecule has 2 heterocycles. The lowest BCUT2D eigenvalue weighted by Crippen LogP contribution is -2.36. The van der Waals surface area contributed by atoms with E-state index >= 15 is 0 Å². The molecule has 0 saturated heterocycles. The third-order valence-electron chi connectivity index (χ3n) is 12.9. The van der Waals surface area contributed by atoms with E-state index in [1.54, 1.807) is 0 Å². The van der Waals surface area contributed by atoms with Gasteiger partial charge in [-0.15, -0.1) is 0 Å². The van der Waals surface area contributed by atoms with Crippen molar-refractivity contribution in [3.63, 3.8) is 0 Å². The SMILES string of the molecule is Cc1cc(C)c(Cn2c[n+](Cc3c(C)c(C)c(C[n+]4cn(Cc5c(C)cc(C)cc5C)c5cc(C)c(C)cc54)c(C)c3C)c3cc(C)c(C)cc32)c(C)c1. The highest BCUT2D eigenvalue weighted by atomic mass is 15.1. The molecule has 7 rings (SSSR count). The summed E-state index contributed by atoms with van der Waals surface area (Å²) >= 11 is 0. The van der Waals surface area contributed by atoms with E-state index in [2.05, 4.69) is 176 Å². The monoisotopic (exact) mass is 716 g/mol. The zero-order valence-corrected chi connectivity index (χ0v) is 35.4. The molecule has 4 nitrogen and oxygen atoms in total. The van der Waals surface area contributed by atoms with Crippen LogP contribution in [-0.4, -0.2) is 9.13 Å². The van der Waals surface area contributed by atoms with Gasteiger partial charge in [0, 0.05) is 0 Å². The number of imidazole rings is 2. The Kier molecular flexibility index (Phi) is 9.71. The number of hydrogen-bond acceptors (Lipinski definition) is 0. The normalized spacial score (nSPS) is 11.8. The number of nitrogens with zero attached hydrogens (tertiary/aromatic N) is 4. The summed E-state index contributed by atoms with van der Waals surface area (Å²) in [6.07, 6.45) is 4.73. The van der Waals surface area contributed by atoms with Crippen LogP contribution in [0.4, 0.5) is 0 Å². The van der Waals surface area contributed by atoms with Crippen molar-refractivity contribution in [1.29, 1.82) is 0 Å². The van der Waals surface area contributed by atoms with E-state index in [0.29, 0.717) is 0 Å². The Morgan fingerprint density at radius 3 is 0.963 bits per heavy atom. The number of rotatable bonds is 8. The molecule has 5 aromatic carbocycles. The number of aryl methyl sites for hydroxylation is 10. The predicted octanol–water partition coefficient (Wildman–Crippen LogP) is 10.7. The molecule has 0 fully saturated rings. The fourth-order valence-electron chi connectivity index (χ4n) is 9.12. The maximum Gasteiger partial charge on any atom is 0.245 e. The number of benzene rings is 5. The Balaban J connectivity index is 1.29. The molecule has 0 aliphatic heterocycles. The molecule has 0 amide bonds. The van der Waals surface area contributed by atoms with E-state index < -0.39 is 0 Å². The Hall–Kier alpha value is -4.96. The molecule has 0 bridgehead atoms. The zero-order chi connectivity index (χ0) is 38.9. The Morgan fingerprint density at radius 2 is 0.648 bits per heavy atom. The topological polar surface area (TPSA) is 17.6 Å². The summed E-state index contributed by atoms with van der Waals surface area (Å²) in [4.78, 5) is 0. The molecule has 0 aliphatic rings. The maximum absolute atomic E-state index is 2.50. The minimum atomic E-state index is 0.845. The molecule has 7 aromatic rings. The number of aromatic nitrogens is 4. The molecule has 4 heteroatoms. The van der Waals surface area contributed by atoms with Crippen LogP contribution < -0.4 is 9.13 Å². The van der Waals surface area contributed by atoms with Gasteiger partial charge in [0.2, 0.25) is 12.7 Å². The standard InChI is InChI=1S/C50H60N4/c1-29-15-35(7)43(36(8)16-29)23-51-27-53(49-21-33(5)31(3)19-47(49)51)25-45-39(11)41(13)46(42(14)40(45)12)26-54-28-52(48-20-32(4)34(6)22-50(48)54)24-44-37(9)17-30(2)18-38(44)10/h15-22,27-28H,23-26H2,1-14H3/q+2. The summed E-state index contributed by atoms with van der Waals surface area (Å²) in [5, 5.41) is 0. The molecule has 0 atom stereocenters. The molecule has 0 aliphatic carbocycles. The first-order valence-electron chi connectivity index (χ1n) is 19.7. The molecule has 0 unspecified atom stereocenters. The highest BCUT2D eigenvalue weighted by molar-refractivity contribution is 5.75. The first-order chi connectivity index (χ1) is 25.5. The molecule has 0 saturated carbocycles. The van der Waals surface area contributed by atoms with Gasteiger partial charge >= 0.3 is 0 Å². The average Bonchev–Trinajstić information content (AvgIpc) is 3.59. The van der Waals surface area contributed by atoms with E-state index in [0.717, 1.165) is 26.2 Å². The molecular formula is C50H60N4+2. The molecular weight excluding hydrogens is 657 g/mol. The van der Waals surface area contributed by atoms with Crippen LogP contribution in [0.1, 0.15) is 100 Å². The van der Waals surface area contributed by atoms with Crippen LogP contribution in [-0.2, 0) is 26.2 Å². The van der Waals surface area contributed by atoms with Crippen LogP contribution in [0, 0.1) is 96.9 Å². The van der Waals surface area contributed by atoms with Gasteiger partial charge in [0.25, 0.3) is 0 Å². The average molecular weight is 717 g/mol. The van der Waals surface area contributed by atoms with Gasteiger partial charge < -0.3 is 0 Å². The number of hydrogen-bond donors (Lipinski definition) is 0. The maximum atomic E-state index is 2.50. The van der Waals surface area contributed by atoms with E-state index in [1.807, 2.05) is 0 Å². The van der Waals surface area contributed by atoms with Gasteiger partial charge in [-0.25, -0.2) is 18.3 Å². The second-order valence-corrected chi connectivity index (χ2v) is 16.8. The Morgan fingerprint density at radius 1 is 0.352 bits per heavy atom. The van der Waals surface area contributed by atoms with Crippen LogP contribution in [0.3, 0.4) is 0 Å². The lowest BCUT2D eigenvalue weighted by atomic mass is 9.88. The molecule has 0 spiro atoms. The highest BCUT2D eigenvalue weighted by Gasteiger charge is 2.25. The van der Waals surface area contributed by atoms with Crippen molar-refractivity contribution in [2.45, 2.75) is 123 Å². The molecule has 2 aromatic heterocycles. The Bertz CT molecular complexity index is 2380. The minimum absolute atomic E-state index is 0.845. The third-order valence-corrected chi connectivity index (χ3v) is 12.9. The lowest BCUT2D eigenvalue weighted by molar-refractivity contribution is -0.664. The fourth-order valence-corrected chi connectivity index (χ4v) is 9.12. The van der Waals surface area contributed by atoms with Gasteiger partial charge in [0.05, 0.1) is 0 Å². The highest BCUT2D eigenvalue weighted by Crippen LogP contribution is 2.30. The summed E-state index contributed by atoms with van der Waals surface area (Å²) < 4.78 is 9.94. The van der Waals surface area contributed by atoms with Crippen molar-refractivity contribution in [3.8, 4) is 0 Å². The number of fused-ring (bicyclic) bond motifs is 2. The van der Waals surface area contributed by atoms with E-state index in [1.165, 1.54) is 122 Å². The molecule has 278 valence electrons. The third kappa shape index (κ3) is 6.59. The van der Waals surface area contributed by atoms with Crippen LogP contribution in [0.5, 0.6) is 0 Å². The van der Waals surface area contributed by atoms with Crippen molar-refractivity contribution in [2.75, 3.05) is 0 Å². The van der Waals surface area contributed by atoms with Gasteiger partial charge in [-0.3, -0.25) is 0 Å². The molecule has 54 heavy (non-hydrogen) atoms. The molecule has 0 radical (unpaired) electrons. The second kappa shape index (κ2) is 14.0. The van der Waals surface area contributed by atoms with Crippen LogP contribution in [0.25, 0.3) is 22.1 Å². The van der Waals surface area contributed by atoms with Gasteiger partial charge in [0.15, 0.2) is 22.1 Å². The van der Waals surface area contributed by atoms with Gasteiger partial charge in [0.1, 0.15) is 26.2 Å². The van der Waals surface area contributed by atoms with Gasteiger partial charge in [-0.2, -0.15) is 0 Å². The van der Waals surface area contributed by atoms with Crippen molar-refractivity contribution in [3.05, 3.63) is 161 Å². The largest absolute Gasteiger partial charge is 0.245 e.